The summed E-state index contributed by atoms with van der Waals surface area (Å²) in [6.45, 7) is 4.47. The molecule has 0 unspecified atom stereocenters. The maximum absolute atomic E-state index is 11.9. The van der Waals surface area contributed by atoms with Gasteiger partial charge < -0.3 is 10.4 Å². The Hall–Kier alpha value is -0.650. The minimum absolute atomic E-state index is 0.0995. The number of carbonyl (C=O) groups is 1. The summed E-state index contributed by atoms with van der Waals surface area (Å²) in [4.78, 5) is 17.4. The molecule has 110 valence electrons. The molecule has 5 nitrogen and oxygen atoms in total. The van der Waals surface area contributed by atoms with Gasteiger partial charge in [0.05, 0.1) is 12.7 Å². The first-order valence-corrected chi connectivity index (χ1v) is 7.54. The van der Waals surface area contributed by atoms with E-state index in [2.05, 4.69) is 12.2 Å². The Morgan fingerprint density at radius 1 is 1.47 bits per heavy atom. The van der Waals surface area contributed by atoms with Crippen molar-refractivity contribution in [3.05, 3.63) is 0 Å². The van der Waals surface area contributed by atoms with Crippen molar-refractivity contribution in [2.75, 3.05) is 19.7 Å². The number of hydroxylamine groups is 2. The van der Waals surface area contributed by atoms with Gasteiger partial charge >= 0.3 is 0 Å². The highest BCUT2D eigenvalue weighted by atomic mass is 16.7. The van der Waals surface area contributed by atoms with Crippen molar-refractivity contribution >= 4 is 5.91 Å². The van der Waals surface area contributed by atoms with Crippen LogP contribution in [0.3, 0.4) is 0 Å². The van der Waals surface area contributed by atoms with E-state index < -0.39 is 0 Å². The second kappa shape index (κ2) is 7.22. The Kier molecular flexibility index (Phi) is 5.60. The minimum atomic E-state index is -0.155. The van der Waals surface area contributed by atoms with Gasteiger partial charge in [-0.2, -0.15) is 5.06 Å². The van der Waals surface area contributed by atoms with Crippen LogP contribution in [-0.2, 0) is 9.63 Å². The first kappa shape index (κ1) is 14.8. The predicted molar refractivity (Wildman–Crippen MR) is 72.3 cm³/mol. The zero-order valence-corrected chi connectivity index (χ0v) is 11.8. The summed E-state index contributed by atoms with van der Waals surface area (Å²) in [6.07, 6.45) is 5.19. The molecule has 2 N–H and O–H groups in total. The molecule has 19 heavy (non-hydrogen) atoms. The third kappa shape index (κ3) is 4.44. The quantitative estimate of drug-likeness (QED) is 0.758. The molecule has 1 heterocycles. The Bertz CT molecular complexity index is 286. The third-order valence-electron chi connectivity index (χ3n) is 4.17. The van der Waals surface area contributed by atoms with Gasteiger partial charge in [0.2, 0.25) is 5.91 Å². The summed E-state index contributed by atoms with van der Waals surface area (Å²) < 4.78 is 0. The number of carbonyl (C=O) groups excluding carboxylic acids is 1. The molecular formula is C14H26N2O3. The number of aliphatic hydroxyl groups excluding tert-OH is 1. The fourth-order valence-corrected chi connectivity index (χ4v) is 2.84. The second-order valence-corrected chi connectivity index (χ2v) is 5.69. The molecule has 2 rings (SSSR count). The number of nitrogens with zero attached hydrogens (tertiary/aromatic N) is 1. The molecule has 1 saturated carbocycles. The van der Waals surface area contributed by atoms with E-state index in [-0.39, 0.29) is 18.1 Å². The van der Waals surface area contributed by atoms with Gasteiger partial charge in [-0.25, -0.2) is 0 Å². The van der Waals surface area contributed by atoms with Gasteiger partial charge in [0.1, 0.15) is 0 Å². The lowest BCUT2D eigenvalue weighted by molar-refractivity contribution is -0.181. The van der Waals surface area contributed by atoms with Crippen LogP contribution < -0.4 is 5.32 Å². The van der Waals surface area contributed by atoms with Gasteiger partial charge in [0.15, 0.2) is 0 Å². The number of rotatable bonds is 6. The molecule has 1 atom stereocenters. The smallest absolute Gasteiger partial charge is 0.221 e. The fourth-order valence-electron chi connectivity index (χ4n) is 2.84. The Morgan fingerprint density at radius 3 is 2.84 bits per heavy atom. The van der Waals surface area contributed by atoms with E-state index in [1.807, 2.05) is 5.06 Å². The zero-order chi connectivity index (χ0) is 13.7. The van der Waals surface area contributed by atoms with Crippen LogP contribution in [0.2, 0.25) is 0 Å². The second-order valence-electron chi connectivity index (χ2n) is 5.69. The van der Waals surface area contributed by atoms with E-state index >= 15 is 0 Å². The highest BCUT2D eigenvalue weighted by Crippen LogP contribution is 2.31. The van der Waals surface area contributed by atoms with Gasteiger partial charge in [0, 0.05) is 25.6 Å². The normalized spacial score (nSPS) is 29.6. The predicted octanol–water partition coefficient (Wildman–Crippen LogP) is 1.07. The largest absolute Gasteiger partial charge is 0.393 e. The van der Waals surface area contributed by atoms with Crippen LogP contribution in [0.15, 0.2) is 0 Å². The Morgan fingerprint density at radius 2 is 2.26 bits per heavy atom. The standard InChI is InChI=1S/C14H26N2O3/c1-2-13(11-9-12(17)10-11)15-14(18)5-7-16-6-3-4-8-19-16/h11-13,17H,2-10H2,1H3,(H,15,18)/t11?,12?,13-/m0/s1. The van der Waals surface area contributed by atoms with E-state index in [4.69, 9.17) is 4.84 Å². The average molecular weight is 270 g/mol. The van der Waals surface area contributed by atoms with Crippen LogP contribution in [0.4, 0.5) is 0 Å². The lowest BCUT2D eigenvalue weighted by Crippen LogP contribution is -2.47. The molecular weight excluding hydrogens is 244 g/mol. The van der Waals surface area contributed by atoms with Crippen molar-refractivity contribution in [2.24, 2.45) is 5.92 Å². The lowest BCUT2D eigenvalue weighted by atomic mass is 9.76. The van der Waals surface area contributed by atoms with Gasteiger partial charge in [-0.1, -0.05) is 6.92 Å². The van der Waals surface area contributed by atoms with Crippen LogP contribution in [-0.4, -0.2) is 47.9 Å². The molecule has 5 heteroatoms. The number of nitrogens with one attached hydrogen (secondary N) is 1. The van der Waals surface area contributed by atoms with Gasteiger partial charge in [-0.05, 0) is 38.0 Å². The topological polar surface area (TPSA) is 61.8 Å². The third-order valence-corrected chi connectivity index (χ3v) is 4.17. The van der Waals surface area contributed by atoms with Crippen molar-refractivity contribution < 1.29 is 14.7 Å². The van der Waals surface area contributed by atoms with Crippen LogP contribution in [0, 0.1) is 5.92 Å². The van der Waals surface area contributed by atoms with Gasteiger partial charge in [0.25, 0.3) is 0 Å². The molecule has 0 aromatic rings. The maximum Gasteiger partial charge on any atom is 0.221 e. The summed E-state index contributed by atoms with van der Waals surface area (Å²) in [5.41, 5.74) is 0. The first-order valence-electron chi connectivity index (χ1n) is 7.54. The molecule has 0 bridgehead atoms. The van der Waals surface area contributed by atoms with E-state index in [0.29, 0.717) is 18.9 Å². The van der Waals surface area contributed by atoms with Crippen LogP contribution >= 0.6 is 0 Å². The lowest BCUT2D eigenvalue weighted by Gasteiger charge is -2.37. The highest BCUT2D eigenvalue weighted by Gasteiger charge is 2.33. The summed E-state index contributed by atoms with van der Waals surface area (Å²) >= 11 is 0. The molecule has 1 amide bonds. The molecule has 0 spiro atoms. The fraction of sp³-hybridized carbons (Fsp3) is 0.929. The minimum Gasteiger partial charge on any atom is -0.393 e. The maximum atomic E-state index is 11.9. The highest BCUT2D eigenvalue weighted by molar-refractivity contribution is 5.76. The molecule has 0 aromatic carbocycles. The first-order chi connectivity index (χ1) is 9.19. The Balaban J connectivity index is 1.64. The average Bonchev–Trinajstić information content (AvgIpc) is 2.40. The molecule has 1 aliphatic heterocycles. The van der Waals surface area contributed by atoms with Gasteiger partial charge in [-0.3, -0.25) is 9.63 Å². The molecule has 1 saturated heterocycles. The van der Waals surface area contributed by atoms with Crippen molar-refractivity contribution in [3.8, 4) is 0 Å². The summed E-state index contributed by atoms with van der Waals surface area (Å²) in [6, 6.07) is 0.221. The van der Waals surface area contributed by atoms with E-state index in [9.17, 15) is 9.90 Å². The Labute approximate surface area is 115 Å². The molecule has 2 aliphatic rings. The summed E-state index contributed by atoms with van der Waals surface area (Å²) in [5, 5.41) is 14.3. The van der Waals surface area contributed by atoms with Crippen LogP contribution in [0.25, 0.3) is 0 Å². The summed E-state index contributed by atoms with van der Waals surface area (Å²) in [7, 11) is 0. The molecule has 0 aromatic heterocycles. The van der Waals surface area contributed by atoms with Crippen molar-refractivity contribution in [2.45, 2.75) is 57.6 Å². The number of aliphatic hydroxyl groups is 1. The number of hydrogen-bond donors (Lipinski definition) is 2. The van der Waals surface area contributed by atoms with Crippen molar-refractivity contribution in [1.82, 2.24) is 10.4 Å². The van der Waals surface area contributed by atoms with Crippen LogP contribution in [0.1, 0.15) is 45.4 Å². The molecule has 0 radical (unpaired) electrons. The van der Waals surface area contributed by atoms with E-state index in [1.165, 1.54) is 0 Å². The van der Waals surface area contributed by atoms with Crippen LogP contribution in [0.5, 0.6) is 0 Å². The zero-order valence-electron chi connectivity index (χ0n) is 11.8. The number of amides is 1. The number of hydrogen-bond acceptors (Lipinski definition) is 4. The monoisotopic (exact) mass is 270 g/mol. The SMILES string of the molecule is CC[C@H](NC(=O)CCN1CCCCO1)C1CC(O)C1. The van der Waals surface area contributed by atoms with Crippen molar-refractivity contribution in [3.63, 3.8) is 0 Å². The summed E-state index contributed by atoms with van der Waals surface area (Å²) in [5.74, 6) is 0.553. The van der Waals surface area contributed by atoms with E-state index in [0.717, 1.165) is 45.3 Å². The molecule has 1 aliphatic carbocycles. The van der Waals surface area contributed by atoms with Gasteiger partial charge in [-0.15, -0.1) is 0 Å². The van der Waals surface area contributed by atoms with Crippen molar-refractivity contribution in [1.29, 1.82) is 0 Å². The molecule has 2 fully saturated rings. The van der Waals surface area contributed by atoms with E-state index in [1.54, 1.807) is 0 Å².